The number of sulfonamides is 1. The summed E-state index contributed by atoms with van der Waals surface area (Å²) in [4.78, 5) is 4.62. The molecule has 0 saturated heterocycles. The first-order valence-corrected chi connectivity index (χ1v) is 9.51. The molecule has 0 radical (unpaired) electrons. The van der Waals surface area contributed by atoms with Crippen LogP contribution in [0.4, 0.5) is 0 Å². The molecule has 24 heavy (non-hydrogen) atoms. The number of nitrogens with two attached hydrogens (primary N) is 1. The van der Waals surface area contributed by atoms with Crippen molar-refractivity contribution in [1.82, 2.24) is 10.6 Å². The predicted molar refractivity (Wildman–Crippen MR) is 110 cm³/mol. The average molecular weight is 468 g/mol. The zero-order chi connectivity index (χ0) is 17.3. The SMILES string of the molecule is CCNC(=NCc1ccc(S(N)(=O)=O)cc1)NCCCC(C)C.I. The van der Waals surface area contributed by atoms with E-state index >= 15 is 0 Å². The third-order valence-electron chi connectivity index (χ3n) is 3.27. The Kier molecular flexibility index (Phi) is 11.2. The molecule has 6 nitrogen and oxygen atoms in total. The number of rotatable bonds is 8. The molecule has 1 aromatic rings. The van der Waals surface area contributed by atoms with Crippen LogP contribution in [0.5, 0.6) is 0 Å². The fourth-order valence-electron chi connectivity index (χ4n) is 2.01. The predicted octanol–water partition coefficient (Wildman–Crippen LogP) is 2.44. The van der Waals surface area contributed by atoms with E-state index in [1.165, 1.54) is 18.6 Å². The molecule has 138 valence electrons. The van der Waals surface area contributed by atoms with Crippen LogP contribution in [-0.2, 0) is 16.6 Å². The maximum atomic E-state index is 11.2. The molecule has 0 aliphatic heterocycles. The third kappa shape index (κ3) is 9.43. The average Bonchev–Trinajstić information content (AvgIpc) is 2.48. The molecule has 1 rings (SSSR count). The van der Waals surface area contributed by atoms with Gasteiger partial charge in [0.1, 0.15) is 0 Å². The highest BCUT2D eigenvalue weighted by Gasteiger charge is 2.06. The second-order valence-corrected chi connectivity index (χ2v) is 7.41. The Labute approximate surface area is 162 Å². The number of nitrogens with zero attached hydrogens (tertiary/aromatic N) is 1. The van der Waals surface area contributed by atoms with E-state index in [0.29, 0.717) is 12.5 Å². The number of guanidine groups is 1. The van der Waals surface area contributed by atoms with Crippen molar-refractivity contribution in [3.63, 3.8) is 0 Å². The summed E-state index contributed by atoms with van der Waals surface area (Å²) in [7, 11) is -3.64. The van der Waals surface area contributed by atoms with Gasteiger partial charge in [-0.3, -0.25) is 0 Å². The highest BCUT2D eigenvalue weighted by atomic mass is 127. The molecule has 0 fully saturated rings. The molecule has 0 aliphatic rings. The molecule has 0 unspecified atom stereocenters. The lowest BCUT2D eigenvalue weighted by molar-refractivity contribution is 0.549. The van der Waals surface area contributed by atoms with Crippen molar-refractivity contribution >= 4 is 40.0 Å². The highest BCUT2D eigenvalue weighted by molar-refractivity contribution is 14.0. The topological polar surface area (TPSA) is 96.6 Å². The monoisotopic (exact) mass is 468 g/mol. The van der Waals surface area contributed by atoms with Crippen molar-refractivity contribution < 1.29 is 8.42 Å². The standard InChI is InChI=1S/C16H28N4O2S.HI/c1-4-18-16(19-11-5-6-13(2)3)20-12-14-7-9-15(10-8-14)23(17,21)22;/h7-10,13H,4-6,11-12H2,1-3H3,(H2,17,21,22)(H2,18,19,20);1H. The lowest BCUT2D eigenvalue weighted by atomic mass is 10.1. The van der Waals surface area contributed by atoms with Gasteiger partial charge in [0.05, 0.1) is 11.4 Å². The summed E-state index contributed by atoms with van der Waals surface area (Å²) >= 11 is 0. The zero-order valence-corrected chi connectivity index (χ0v) is 17.7. The Morgan fingerprint density at radius 2 is 1.83 bits per heavy atom. The van der Waals surface area contributed by atoms with Crippen LogP contribution < -0.4 is 15.8 Å². The van der Waals surface area contributed by atoms with Crippen molar-refractivity contribution in [2.75, 3.05) is 13.1 Å². The van der Waals surface area contributed by atoms with Gasteiger partial charge in [0.2, 0.25) is 10.0 Å². The van der Waals surface area contributed by atoms with Gasteiger partial charge in [0.15, 0.2) is 5.96 Å². The number of nitrogens with one attached hydrogen (secondary N) is 2. The molecule has 0 heterocycles. The molecule has 4 N–H and O–H groups in total. The Morgan fingerprint density at radius 3 is 2.33 bits per heavy atom. The molecule has 0 spiro atoms. The summed E-state index contributed by atoms with van der Waals surface area (Å²) in [5.74, 6) is 1.47. The fourth-order valence-corrected chi connectivity index (χ4v) is 2.53. The second-order valence-electron chi connectivity index (χ2n) is 5.85. The Bertz CT molecular complexity index is 601. The summed E-state index contributed by atoms with van der Waals surface area (Å²) in [6.07, 6.45) is 2.28. The minimum atomic E-state index is -3.64. The molecule has 1 aromatic carbocycles. The number of benzene rings is 1. The van der Waals surface area contributed by atoms with Crippen LogP contribution in [0.1, 0.15) is 39.2 Å². The normalized spacial score (nSPS) is 12.0. The van der Waals surface area contributed by atoms with Crippen LogP contribution in [-0.4, -0.2) is 27.5 Å². The first-order valence-electron chi connectivity index (χ1n) is 7.97. The highest BCUT2D eigenvalue weighted by Crippen LogP contribution is 2.09. The van der Waals surface area contributed by atoms with Crippen LogP contribution in [0.25, 0.3) is 0 Å². The Morgan fingerprint density at radius 1 is 1.21 bits per heavy atom. The first kappa shape index (κ1) is 23.1. The second kappa shape index (κ2) is 11.6. The van der Waals surface area contributed by atoms with E-state index in [1.807, 2.05) is 6.92 Å². The Balaban J connectivity index is 0.00000529. The van der Waals surface area contributed by atoms with Crippen molar-refractivity contribution in [3.05, 3.63) is 29.8 Å². The van der Waals surface area contributed by atoms with Crippen LogP contribution in [0.2, 0.25) is 0 Å². The number of halogens is 1. The summed E-state index contributed by atoms with van der Waals surface area (Å²) in [6.45, 7) is 8.60. The molecule has 0 aromatic heterocycles. The minimum absolute atomic E-state index is 0. The van der Waals surface area contributed by atoms with E-state index in [2.05, 4.69) is 29.5 Å². The molecule has 0 atom stereocenters. The van der Waals surface area contributed by atoms with Crippen LogP contribution in [0.15, 0.2) is 34.2 Å². The maximum absolute atomic E-state index is 11.2. The van der Waals surface area contributed by atoms with Gasteiger partial charge in [-0.2, -0.15) is 0 Å². The number of hydrogen-bond acceptors (Lipinski definition) is 3. The minimum Gasteiger partial charge on any atom is -0.357 e. The lowest BCUT2D eigenvalue weighted by Crippen LogP contribution is -2.37. The maximum Gasteiger partial charge on any atom is 0.238 e. The van der Waals surface area contributed by atoms with E-state index < -0.39 is 10.0 Å². The van der Waals surface area contributed by atoms with Crippen LogP contribution in [0, 0.1) is 5.92 Å². The van der Waals surface area contributed by atoms with Gasteiger partial charge in [-0.05, 0) is 43.4 Å². The van der Waals surface area contributed by atoms with Gasteiger partial charge >= 0.3 is 0 Å². The van der Waals surface area contributed by atoms with E-state index in [9.17, 15) is 8.42 Å². The molecular weight excluding hydrogens is 439 g/mol. The zero-order valence-electron chi connectivity index (χ0n) is 14.6. The molecular formula is C16H29IN4O2S. The summed E-state index contributed by atoms with van der Waals surface area (Å²) in [5, 5.41) is 11.6. The largest absolute Gasteiger partial charge is 0.357 e. The number of primary sulfonamides is 1. The quantitative estimate of drug-likeness (QED) is 0.236. The number of aliphatic imine (C=N–C) groups is 1. The smallest absolute Gasteiger partial charge is 0.238 e. The van der Waals surface area contributed by atoms with Gasteiger partial charge < -0.3 is 10.6 Å². The summed E-state index contributed by atoms with van der Waals surface area (Å²) < 4.78 is 22.4. The van der Waals surface area contributed by atoms with Gasteiger partial charge in [0.25, 0.3) is 0 Å². The summed E-state index contributed by atoms with van der Waals surface area (Å²) in [5.41, 5.74) is 0.928. The van der Waals surface area contributed by atoms with Gasteiger partial charge in [-0.15, -0.1) is 24.0 Å². The van der Waals surface area contributed by atoms with Crippen molar-refractivity contribution in [2.24, 2.45) is 16.0 Å². The van der Waals surface area contributed by atoms with E-state index in [-0.39, 0.29) is 28.9 Å². The molecule has 0 saturated carbocycles. The fraction of sp³-hybridized carbons (Fsp3) is 0.562. The molecule has 0 amide bonds. The van der Waals surface area contributed by atoms with Gasteiger partial charge in [-0.25, -0.2) is 18.5 Å². The van der Waals surface area contributed by atoms with Crippen molar-refractivity contribution in [2.45, 2.75) is 45.1 Å². The van der Waals surface area contributed by atoms with Crippen LogP contribution in [0.3, 0.4) is 0 Å². The van der Waals surface area contributed by atoms with Crippen molar-refractivity contribution in [3.8, 4) is 0 Å². The van der Waals surface area contributed by atoms with E-state index in [4.69, 9.17) is 5.14 Å². The molecule has 8 heteroatoms. The lowest BCUT2D eigenvalue weighted by Gasteiger charge is -2.12. The molecule has 0 bridgehead atoms. The van der Waals surface area contributed by atoms with E-state index in [0.717, 1.165) is 31.0 Å². The van der Waals surface area contributed by atoms with Crippen molar-refractivity contribution in [1.29, 1.82) is 0 Å². The Hall–Kier alpha value is -0.870. The summed E-state index contributed by atoms with van der Waals surface area (Å²) in [6, 6.07) is 6.46. The third-order valence-corrected chi connectivity index (χ3v) is 4.20. The molecule has 0 aliphatic carbocycles. The first-order chi connectivity index (χ1) is 10.8. The van der Waals surface area contributed by atoms with Crippen LogP contribution >= 0.6 is 24.0 Å². The number of hydrogen-bond donors (Lipinski definition) is 3. The van der Waals surface area contributed by atoms with Gasteiger partial charge in [-0.1, -0.05) is 26.0 Å². The van der Waals surface area contributed by atoms with E-state index in [1.54, 1.807) is 12.1 Å². The van der Waals surface area contributed by atoms with Gasteiger partial charge in [0, 0.05) is 13.1 Å².